The molecule has 0 aliphatic heterocycles. The van der Waals surface area contributed by atoms with Crippen LogP contribution in [0.4, 0.5) is 5.82 Å². The summed E-state index contributed by atoms with van der Waals surface area (Å²) in [5.74, 6) is 0.684. The SMILES string of the molecule is CCc1cc(C(=O)NC(C)(C)CC)cc(NC)n1. The molecule has 0 spiro atoms. The minimum Gasteiger partial charge on any atom is -0.373 e. The average Bonchev–Trinajstić information content (AvgIpc) is 2.37. The van der Waals surface area contributed by atoms with Gasteiger partial charge in [0.2, 0.25) is 0 Å². The van der Waals surface area contributed by atoms with Crippen molar-refractivity contribution in [1.29, 1.82) is 0 Å². The maximum Gasteiger partial charge on any atom is 0.251 e. The third kappa shape index (κ3) is 3.72. The van der Waals surface area contributed by atoms with Crippen LogP contribution >= 0.6 is 0 Å². The van der Waals surface area contributed by atoms with Gasteiger partial charge in [-0.05, 0) is 38.8 Å². The van der Waals surface area contributed by atoms with Crippen molar-refractivity contribution in [3.63, 3.8) is 0 Å². The van der Waals surface area contributed by atoms with Crippen LogP contribution in [0.5, 0.6) is 0 Å². The van der Waals surface area contributed by atoms with E-state index in [9.17, 15) is 4.79 Å². The molecule has 1 amide bonds. The maximum absolute atomic E-state index is 12.2. The lowest BCUT2D eigenvalue weighted by molar-refractivity contribution is 0.0911. The fourth-order valence-corrected chi connectivity index (χ4v) is 1.50. The van der Waals surface area contributed by atoms with Gasteiger partial charge < -0.3 is 10.6 Å². The van der Waals surface area contributed by atoms with Gasteiger partial charge in [0.05, 0.1) is 0 Å². The number of rotatable bonds is 5. The summed E-state index contributed by atoms with van der Waals surface area (Å²) in [7, 11) is 1.80. The highest BCUT2D eigenvalue weighted by Gasteiger charge is 2.19. The van der Waals surface area contributed by atoms with Gasteiger partial charge in [0, 0.05) is 23.8 Å². The van der Waals surface area contributed by atoms with Gasteiger partial charge in [-0.2, -0.15) is 0 Å². The molecule has 2 N–H and O–H groups in total. The Balaban J connectivity index is 2.98. The monoisotopic (exact) mass is 249 g/mol. The first kappa shape index (κ1) is 14.5. The Morgan fingerprint density at radius 1 is 1.33 bits per heavy atom. The third-order valence-electron chi connectivity index (χ3n) is 3.09. The lowest BCUT2D eigenvalue weighted by Gasteiger charge is -2.24. The van der Waals surface area contributed by atoms with Crippen molar-refractivity contribution < 1.29 is 4.79 Å². The van der Waals surface area contributed by atoms with E-state index in [0.29, 0.717) is 5.56 Å². The largest absolute Gasteiger partial charge is 0.373 e. The normalized spacial score (nSPS) is 11.2. The van der Waals surface area contributed by atoms with Crippen LogP contribution in [0, 0.1) is 0 Å². The predicted octanol–water partition coefficient (Wildman–Crippen LogP) is 2.60. The fourth-order valence-electron chi connectivity index (χ4n) is 1.50. The second kappa shape index (κ2) is 5.85. The summed E-state index contributed by atoms with van der Waals surface area (Å²) in [5, 5.41) is 6.01. The lowest BCUT2D eigenvalue weighted by atomic mass is 10.0. The van der Waals surface area contributed by atoms with Gasteiger partial charge in [-0.1, -0.05) is 13.8 Å². The van der Waals surface area contributed by atoms with E-state index in [2.05, 4.69) is 22.5 Å². The summed E-state index contributed by atoms with van der Waals surface area (Å²) in [4.78, 5) is 16.6. The lowest BCUT2D eigenvalue weighted by Crippen LogP contribution is -2.42. The van der Waals surface area contributed by atoms with Crippen molar-refractivity contribution in [3.05, 3.63) is 23.4 Å². The third-order valence-corrected chi connectivity index (χ3v) is 3.09. The summed E-state index contributed by atoms with van der Waals surface area (Å²) in [5.41, 5.74) is 1.39. The van der Waals surface area contributed by atoms with E-state index < -0.39 is 0 Å². The van der Waals surface area contributed by atoms with Crippen molar-refractivity contribution in [2.24, 2.45) is 0 Å². The molecule has 1 aromatic heterocycles. The average molecular weight is 249 g/mol. The number of aromatic nitrogens is 1. The first-order valence-electron chi connectivity index (χ1n) is 6.43. The van der Waals surface area contributed by atoms with Crippen LogP contribution in [0.1, 0.15) is 50.2 Å². The highest BCUT2D eigenvalue weighted by Crippen LogP contribution is 2.13. The van der Waals surface area contributed by atoms with E-state index in [1.54, 1.807) is 13.1 Å². The minimum atomic E-state index is -0.188. The zero-order chi connectivity index (χ0) is 13.8. The van der Waals surface area contributed by atoms with Gasteiger partial charge in [-0.25, -0.2) is 4.98 Å². The van der Waals surface area contributed by atoms with Gasteiger partial charge in [0.1, 0.15) is 5.82 Å². The van der Waals surface area contributed by atoms with Crippen LogP contribution in [0.25, 0.3) is 0 Å². The van der Waals surface area contributed by atoms with Crippen LogP contribution in [-0.4, -0.2) is 23.5 Å². The van der Waals surface area contributed by atoms with Crippen molar-refractivity contribution in [1.82, 2.24) is 10.3 Å². The second-order valence-electron chi connectivity index (χ2n) is 5.03. The van der Waals surface area contributed by atoms with Crippen LogP contribution in [0.2, 0.25) is 0 Å². The zero-order valence-corrected chi connectivity index (χ0v) is 11.9. The van der Waals surface area contributed by atoms with Crippen molar-refractivity contribution in [2.45, 2.75) is 46.1 Å². The van der Waals surface area contributed by atoms with Crippen LogP contribution in [-0.2, 0) is 6.42 Å². The highest BCUT2D eigenvalue weighted by atomic mass is 16.1. The maximum atomic E-state index is 12.2. The number of aryl methyl sites for hydroxylation is 1. The molecule has 1 heterocycles. The topological polar surface area (TPSA) is 54.0 Å². The Bertz CT molecular complexity index is 405. The summed E-state index contributed by atoms with van der Waals surface area (Å²) >= 11 is 0. The van der Waals surface area contributed by atoms with Crippen molar-refractivity contribution in [2.75, 3.05) is 12.4 Å². The smallest absolute Gasteiger partial charge is 0.251 e. The van der Waals surface area contributed by atoms with E-state index in [-0.39, 0.29) is 11.4 Å². The number of carbonyl (C=O) groups is 1. The Kier molecular flexibility index (Phi) is 4.70. The van der Waals surface area contributed by atoms with E-state index in [0.717, 1.165) is 24.4 Å². The van der Waals surface area contributed by atoms with E-state index >= 15 is 0 Å². The molecule has 0 aliphatic carbocycles. The molecule has 0 saturated carbocycles. The van der Waals surface area contributed by atoms with Crippen LogP contribution in [0.3, 0.4) is 0 Å². The van der Waals surface area contributed by atoms with E-state index in [1.807, 2.05) is 26.8 Å². The number of hydrogen-bond donors (Lipinski definition) is 2. The molecule has 4 nitrogen and oxygen atoms in total. The van der Waals surface area contributed by atoms with E-state index in [1.165, 1.54) is 0 Å². The van der Waals surface area contributed by atoms with Gasteiger partial charge >= 0.3 is 0 Å². The number of nitrogens with zero attached hydrogens (tertiary/aromatic N) is 1. The zero-order valence-electron chi connectivity index (χ0n) is 11.9. The fraction of sp³-hybridized carbons (Fsp3) is 0.571. The second-order valence-corrected chi connectivity index (χ2v) is 5.03. The van der Waals surface area contributed by atoms with E-state index in [4.69, 9.17) is 0 Å². The van der Waals surface area contributed by atoms with Crippen LogP contribution in [0.15, 0.2) is 12.1 Å². The molecule has 0 bridgehead atoms. The molecule has 0 atom stereocenters. The summed E-state index contributed by atoms with van der Waals surface area (Å²) < 4.78 is 0. The molecule has 1 aromatic rings. The number of anilines is 1. The first-order chi connectivity index (χ1) is 8.41. The number of hydrogen-bond acceptors (Lipinski definition) is 3. The van der Waals surface area contributed by atoms with Gasteiger partial charge in [-0.3, -0.25) is 4.79 Å². The summed E-state index contributed by atoms with van der Waals surface area (Å²) in [6.07, 6.45) is 1.70. The summed E-state index contributed by atoms with van der Waals surface area (Å²) in [6.45, 7) is 8.13. The summed E-state index contributed by atoms with van der Waals surface area (Å²) in [6, 6.07) is 3.63. The molecule has 0 unspecified atom stereocenters. The Morgan fingerprint density at radius 3 is 2.50 bits per heavy atom. The molecule has 18 heavy (non-hydrogen) atoms. The molecule has 0 aliphatic rings. The van der Waals surface area contributed by atoms with Gasteiger partial charge in [0.25, 0.3) is 5.91 Å². The highest BCUT2D eigenvalue weighted by molar-refractivity contribution is 5.95. The number of amides is 1. The molecule has 100 valence electrons. The molecule has 1 rings (SSSR count). The number of pyridine rings is 1. The van der Waals surface area contributed by atoms with Crippen molar-refractivity contribution >= 4 is 11.7 Å². The Labute approximate surface area is 109 Å². The molecule has 0 aromatic carbocycles. The first-order valence-corrected chi connectivity index (χ1v) is 6.43. The molecular weight excluding hydrogens is 226 g/mol. The molecule has 0 saturated heterocycles. The molecule has 0 radical (unpaired) electrons. The number of carbonyl (C=O) groups excluding carboxylic acids is 1. The minimum absolute atomic E-state index is 0.0459. The van der Waals surface area contributed by atoms with Gasteiger partial charge in [-0.15, -0.1) is 0 Å². The molecule has 0 fully saturated rings. The van der Waals surface area contributed by atoms with Crippen LogP contribution < -0.4 is 10.6 Å². The van der Waals surface area contributed by atoms with Crippen molar-refractivity contribution in [3.8, 4) is 0 Å². The molecule has 4 heteroatoms. The number of nitrogens with one attached hydrogen (secondary N) is 2. The standard InChI is InChI=1S/C14H23N3O/c1-6-11-8-10(9-12(15-5)16-11)13(18)17-14(3,4)7-2/h8-9H,6-7H2,1-5H3,(H,15,16)(H,17,18). The van der Waals surface area contributed by atoms with Gasteiger partial charge in [0.15, 0.2) is 0 Å². The Morgan fingerprint density at radius 2 is 2.00 bits per heavy atom. The quantitative estimate of drug-likeness (QED) is 0.843. The predicted molar refractivity (Wildman–Crippen MR) is 75.0 cm³/mol. The molecular formula is C14H23N3O. The Hall–Kier alpha value is -1.58.